The van der Waals surface area contributed by atoms with Gasteiger partial charge in [0.25, 0.3) is 0 Å². The molecule has 0 aliphatic rings. The summed E-state index contributed by atoms with van der Waals surface area (Å²) in [6.45, 7) is 0.748. The van der Waals surface area contributed by atoms with Crippen LogP contribution in [0.4, 0.5) is 0 Å². The zero-order chi connectivity index (χ0) is 16.9. The minimum absolute atomic E-state index is 0.0280. The number of halogens is 2. The Morgan fingerprint density at radius 2 is 1.75 bits per heavy atom. The lowest BCUT2D eigenvalue weighted by atomic mass is 10.1. The number of benzene rings is 2. The van der Waals surface area contributed by atoms with Crippen LogP contribution in [0.2, 0.25) is 10.0 Å². The highest BCUT2D eigenvalue weighted by Gasteiger charge is 2.07. The number of ether oxygens (including phenoxy) is 1. The Kier molecular flexibility index (Phi) is 5.35. The summed E-state index contributed by atoms with van der Waals surface area (Å²) < 4.78 is 7.34. The van der Waals surface area contributed by atoms with Crippen molar-refractivity contribution in [3.05, 3.63) is 64.3 Å². The van der Waals surface area contributed by atoms with E-state index in [1.54, 1.807) is 29.1 Å². The molecular weight excluding hydrogens is 349 g/mol. The summed E-state index contributed by atoms with van der Waals surface area (Å²) in [6, 6.07) is 12.9. The lowest BCUT2D eigenvalue weighted by Gasteiger charge is -2.09. The average Bonchev–Trinajstić information content (AvgIpc) is 3.04. The molecule has 0 radical (unpaired) electrons. The maximum absolute atomic E-state index is 8.90. The first-order valence-corrected chi connectivity index (χ1v) is 8.10. The Balaban J connectivity index is 1.68. The van der Waals surface area contributed by atoms with Gasteiger partial charge in [-0.25, -0.2) is 4.68 Å². The third kappa shape index (κ3) is 3.87. The fourth-order valence-corrected chi connectivity index (χ4v) is 2.70. The normalized spacial score (nSPS) is 10.8. The third-order valence-electron chi connectivity index (χ3n) is 3.46. The molecule has 0 amide bonds. The molecule has 5 nitrogen and oxygen atoms in total. The SMILES string of the molecule is OCCn1cc(-c2ccc(OCc3c(Cl)cccc3Cl)cc2)nn1. The summed E-state index contributed by atoms with van der Waals surface area (Å²) in [5, 5.41) is 18.1. The number of rotatable bonds is 6. The molecule has 0 fully saturated rings. The van der Waals surface area contributed by atoms with Gasteiger partial charge in [0.2, 0.25) is 0 Å². The van der Waals surface area contributed by atoms with Gasteiger partial charge in [-0.1, -0.05) is 34.5 Å². The van der Waals surface area contributed by atoms with Crippen molar-refractivity contribution in [1.29, 1.82) is 0 Å². The molecule has 2 aromatic carbocycles. The number of aromatic nitrogens is 3. The monoisotopic (exact) mass is 363 g/mol. The molecule has 0 aliphatic heterocycles. The zero-order valence-electron chi connectivity index (χ0n) is 12.7. The van der Waals surface area contributed by atoms with Gasteiger partial charge in [0.05, 0.1) is 19.3 Å². The van der Waals surface area contributed by atoms with E-state index in [9.17, 15) is 0 Å². The third-order valence-corrected chi connectivity index (χ3v) is 4.17. The van der Waals surface area contributed by atoms with Gasteiger partial charge < -0.3 is 9.84 Å². The summed E-state index contributed by atoms with van der Waals surface area (Å²) in [6.07, 6.45) is 1.79. The maximum atomic E-state index is 8.90. The molecule has 1 aromatic heterocycles. The van der Waals surface area contributed by atoms with Crippen molar-refractivity contribution >= 4 is 23.2 Å². The predicted octanol–water partition coefficient (Wildman–Crippen LogP) is 3.82. The van der Waals surface area contributed by atoms with Crippen LogP contribution in [0.15, 0.2) is 48.7 Å². The number of aliphatic hydroxyl groups excluding tert-OH is 1. The van der Waals surface area contributed by atoms with E-state index in [4.69, 9.17) is 33.0 Å². The highest BCUT2D eigenvalue weighted by molar-refractivity contribution is 6.35. The summed E-state index contributed by atoms with van der Waals surface area (Å²) in [4.78, 5) is 0. The first-order chi connectivity index (χ1) is 11.7. The Hall–Kier alpha value is -2.08. The van der Waals surface area contributed by atoms with Crippen LogP contribution in [0, 0.1) is 0 Å². The maximum Gasteiger partial charge on any atom is 0.119 e. The number of hydrogen-bond acceptors (Lipinski definition) is 4. The fourth-order valence-electron chi connectivity index (χ4n) is 2.19. The largest absolute Gasteiger partial charge is 0.489 e. The van der Waals surface area contributed by atoms with Crippen molar-refractivity contribution in [2.75, 3.05) is 6.61 Å². The molecule has 3 rings (SSSR count). The van der Waals surface area contributed by atoms with Crippen LogP contribution in [0.1, 0.15) is 5.56 Å². The molecule has 7 heteroatoms. The van der Waals surface area contributed by atoms with Crippen LogP contribution < -0.4 is 4.74 Å². The summed E-state index contributed by atoms with van der Waals surface area (Å²) in [5.41, 5.74) is 2.42. The Bertz CT molecular complexity index is 799. The fraction of sp³-hybridized carbons (Fsp3) is 0.176. The molecule has 0 aliphatic carbocycles. The number of hydrogen-bond donors (Lipinski definition) is 1. The highest BCUT2D eigenvalue weighted by Crippen LogP contribution is 2.26. The first kappa shape index (κ1) is 16.8. The van der Waals surface area contributed by atoms with Crippen molar-refractivity contribution in [3.8, 4) is 17.0 Å². The van der Waals surface area contributed by atoms with Gasteiger partial charge in [-0.2, -0.15) is 0 Å². The van der Waals surface area contributed by atoms with E-state index < -0.39 is 0 Å². The molecular formula is C17H15Cl2N3O2. The van der Waals surface area contributed by atoms with Crippen LogP contribution in [0.5, 0.6) is 5.75 Å². The second kappa shape index (κ2) is 7.66. The average molecular weight is 364 g/mol. The van der Waals surface area contributed by atoms with Crippen molar-refractivity contribution in [3.63, 3.8) is 0 Å². The topological polar surface area (TPSA) is 60.2 Å². The smallest absolute Gasteiger partial charge is 0.119 e. The summed E-state index contributed by atoms with van der Waals surface area (Å²) >= 11 is 12.3. The van der Waals surface area contributed by atoms with Gasteiger partial charge in [-0.15, -0.1) is 5.10 Å². The standard InChI is InChI=1S/C17H15Cl2N3O2/c18-15-2-1-3-16(19)14(15)11-24-13-6-4-12(5-7-13)17-10-22(8-9-23)21-20-17/h1-7,10,23H,8-9,11H2. The summed E-state index contributed by atoms with van der Waals surface area (Å²) in [7, 11) is 0. The van der Waals surface area contributed by atoms with E-state index in [1.165, 1.54) is 0 Å². The molecule has 1 N–H and O–H groups in total. The van der Waals surface area contributed by atoms with E-state index in [1.807, 2.05) is 24.3 Å². The Morgan fingerprint density at radius 3 is 2.42 bits per heavy atom. The van der Waals surface area contributed by atoms with Gasteiger partial charge in [0.1, 0.15) is 18.1 Å². The van der Waals surface area contributed by atoms with E-state index in [0.717, 1.165) is 16.8 Å². The Morgan fingerprint density at radius 1 is 1.04 bits per heavy atom. The molecule has 0 saturated heterocycles. The second-order valence-electron chi connectivity index (χ2n) is 5.10. The van der Waals surface area contributed by atoms with Crippen LogP contribution in [0.3, 0.4) is 0 Å². The van der Waals surface area contributed by atoms with Crippen molar-refractivity contribution in [2.45, 2.75) is 13.2 Å². The zero-order valence-corrected chi connectivity index (χ0v) is 14.2. The predicted molar refractivity (Wildman–Crippen MR) is 93.3 cm³/mol. The van der Waals surface area contributed by atoms with Crippen molar-refractivity contribution in [1.82, 2.24) is 15.0 Å². The van der Waals surface area contributed by atoms with Gasteiger partial charge in [-0.05, 0) is 36.4 Å². The Labute approximate surface area is 149 Å². The van der Waals surface area contributed by atoms with E-state index in [-0.39, 0.29) is 6.61 Å². The molecule has 1 heterocycles. The van der Waals surface area contributed by atoms with E-state index >= 15 is 0 Å². The quantitative estimate of drug-likeness (QED) is 0.722. The lowest BCUT2D eigenvalue weighted by molar-refractivity contribution is 0.268. The van der Waals surface area contributed by atoms with E-state index in [2.05, 4.69) is 10.3 Å². The minimum Gasteiger partial charge on any atom is -0.489 e. The van der Waals surface area contributed by atoms with Crippen LogP contribution >= 0.6 is 23.2 Å². The van der Waals surface area contributed by atoms with Crippen LogP contribution in [0.25, 0.3) is 11.3 Å². The molecule has 3 aromatic rings. The van der Waals surface area contributed by atoms with E-state index in [0.29, 0.717) is 28.9 Å². The van der Waals surface area contributed by atoms with Gasteiger partial charge in [0, 0.05) is 21.2 Å². The lowest BCUT2D eigenvalue weighted by Crippen LogP contribution is -2.01. The molecule has 0 atom stereocenters. The summed E-state index contributed by atoms with van der Waals surface area (Å²) in [5.74, 6) is 0.706. The number of aliphatic hydroxyl groups is 1. The highest BCUT2D eigenvalue weighted by atomic mass is 35.5. The molecule has 124 valence electrons. The van der Waals surface area contributed by atoms with Crippen LogP contribution in [-0.4, -0.2) is 26.7 Å². The molecule has 0 bridgehead atoms. The minimum atomic E-state index is 0.0280. The molecule has 24 heavy (non-hydrogen) atoms. The molecule has 0 spiro atoms. The first-order valence-electron chi connectivity index (χ1n) is 7.34. The van der Waals surface area contributed by atoms with Gasteiger partial charge in [0.15, 0.2) is 0 Å². The van der Waals surface area contributed by atoms with Crippen molar-refractivity contribution in [2.24, 2.45) is 0 Å². The molecule has 0 saturated carbocycles. The van der Waals surface area contributed by atoms with Gasteiger partial charge >= 0.3 is 0 Å². The second-order valence-corrected chi connectivity index (χ2v) is 5.92. The number of nitrogens with zero attached hydrogens (tertiary/aromatic N) is 3. The van der Waals surface area contributed by atoms with Crippen molar-refractivity contribution < 1.29 is 9.84 Å². The van der Waals surface area contributed by atoms with Gasteiger partial charge in [-0.3, -0.25) is 0 Å². The van der Waals surface area contributed by atoms with Crippen LogP contribution in [-0.2, 0) is 13.2 Å². The molecule has 0 unspecified atom stereocenters.